The maximum Gasteiger partial charge on any atom is 0.213 e. The number of hydrogen-bond donors (Lipinski definition) is 0. The van der Waals surface area contributed by atoms with Crippen molar-refractivity contribution >= 4 is 10.9 Å². The minimum atomic E-state index is 0.162. The molecule has 128 valence electrons. The molecule has 0 radical (unpaired) electrons. The van der Waals surface area contributed by atoms with E-state index in [1.807, 2.05) is 0 Å². The summed E-state index contributed by atoms with van der Waals surface area (Å²) in [6, 6.07) is 16.2. The lowest BCUT2D eigenvalue weighted by molar-refractivity contribution is -0.735. The molecule has 1 aliphatic heterocycles. The van der Waals surface area contributed by atoms with E-state index < -0.39 is 0 Å². The molecule has 0 N–H and O–H groups in total. The summed E-state index contributed by atoms with van der Waals surface area (Å²) in [4.78, 5) is 0. The molecule has 1 heteroatoms. The zero-order valence-electron chi connectivity index (χ0n) is 16.1. The van der Waals surface area contributed by atoms with Crippen LogP contribution in [0.2, 0.25) is 0 Å². The SMILES string of the molecule is CCC1(CC)Cc2c(C)cc(C)cc2-c2ccc3ccc(C)cc3[n+]21. The van der Waals surface area contributed by atoms with Gasteiger partial charge in [-0.15, -0.1) is 0 Å². The number of aryl methyl sites for hydroxylation is 3. The van der Waals surface area contributed by atoms with Gasteiger partial charge in [-0.2, -0.15) is 4.57 Å². The highest BCUT2D eigenvalue weighted by molar-refractivity contribution is 5.79. The molecule has 2 aromatic carbocycles. The molecule has 4 rings (SSSR count). The Hall–Kier alpha value is -2.15. The van der Waals surface area contributed by atoms with E-state index in [0.717, 1.165) is 19.3 Å². The van der Waals surface area contributed by atoms with Crippen molar-refractivity contribution in [3.05, 3.63) is 64.7 Å². The summed E-state index contributed by atoms with van der Waals surface area (Å²) in [5.74, 6) is 0. The molecule has 0 saturated carbocycles. The van der Waals surface area contributed by atoms with Gasteiger partial charge < -0.3 is 0 Å². The van der Waals surface area contributed by atoms with Crippen LogP contribution in [0.4, 0.5) is 0 Å². The highest BCUT2D eigenvalue weighted by atomic mass is 15.1. The second kappa shape index (κ2) is 5.69. The van der Waals surface area contributed by atoms with Crippen LogP contribution in [0, 0.1) is 20.8 Å². The van der Waals surface area contributed by atoms with E-state index in [9.17, 15) is 0 Å². The first-order valence-corrected chi connectivity index (χ1v) is 9.55. The average molecular weight is 330 g/mol. The van der Waals surface area contributed by atoms with E-state index in [1.54, 1.807) is 5.56 Å². The third-order valence-corrected chi connectivity index (χ3v) is 6.28. The highest BCUT2D eigenvalue weighted by Crippen LogP contribution is 2.39. The van der Waals surface area contributed by atoms with Gasteiger partial charge in [-0.1, -0.05) is 31.5 Å². The maximum absolute atomic E-state index is 2.66. The summed E-state index contributed by atoms with van der Waals surface area (Å²) in [7, 11) is 0. The molecule has 0 fully saturated rings. The van der Waals surface area contributed by atoms with Crippen LogP contribution in [-0.4, -0.2) is 0 Å². The molecule has 25 heavy (non-hydrogen) atoms. The largest absolute Gasteiger partial charge is 0.213 e. The molecule has 0 amide bonds. The van der Waals surface area contributed by atoms with Crippen molar-refractivity contribution in [2.75, 3.05) is 0 Å². The first-order valence-electron chi connectivity index (χ1n) is 9.55. The summed E-state index contributed by atoms with van der Waals surface area (Å²) in [5.41, 5.74) is 10.0. The molecular weight excluding hydrogens is 302 g/mol. The van der Waals surface area contributed by atoms with E-state index in [-0.39, 0.29) is 5.54 Å². The predicted octanol–water partition coefficient (Wildman–Crippen LogP) is 5.79. The van der Waals surface area contributed by atoms with Gasteiger partial charge in [0.1, 0.15) is 0 Å². The first kappa shape index (κ1) is 16.3. The summed E-state index contributed by atoms with van der Waals surface area (Å²) in [6.45, 7) is 11.4. The number of aromatic nitrogens is 1. The number of pyridine rings is 1. The van der Waals surface area contributed by atoms with Gasteiger partial charge in [-0.25, -0.2) is 0 Å². The van der Waals surface area contributed by atoms with Gasteiger partial charge in [0.05, 0.1) is 5.56 Å². The maximum atomic E-state index is 2.66. The van der Waals surface area contributed by atoms with Gasteiger partial charge in [0.25, 0.3) is 0 Å². The van der Waals surface area contributed by atoms with Crippen LogP contribution in [-0.2, 0) is 12.0 Å². The minimum Gasteiger partial charge on any atom is -0.186 e. The number of fused-ring (bicyclic) bond motifs is 5. The standard InChI is InChI=1S/C24H28N/c1-6-24(7-2)15-21-18(5)12-17(4)13-20(21)22-11-10-19-9-8-16(3)14-23(19)25(22)24/h8-14H,6-7,15H2,1-5H3/q+1. The molecule has 1 nitrogen and oxygen atoms in total. The second-order valence-corrected chi connectivity index (χ2v) is 7.83. The van der Waals surface area contributed by atoms with E-state index in [2.05, 4.69) is 81.7 Å². The third kappa shape index (κ3) is 2.33. The van der Waals surface area contributed by atoms with Gasteiger partial charge in [-0.3, -0.25) is 0 Å². The summed E-state index contributed by atoms with van der Waals surface area (Å²) in [6.07, 6.45) is 3.44. The molecule has 1 aliphatic rings. The van der Waals surface area contributed by atoms with Crippen LogP contribution >= 0.6 is 0 Å². The highest BCUT2D eigenvalue weighted by Gasteiger charge is 2.45. The number of rotatable bonds is 2. The van der Waals surface area contributed by atoms with Gasteiger partial charge >= 0.3 is 0 Å². The Morgan fingerprint density at radius 1 is 0.880 bits per heavy atom. The fourth-order valence-corrected chi connectivity index (χ4v) is 4.77. The lowest BCUT2D eigenvalue weighted by Gasteiger charge is -2.34. The molecule has 0 spiro atoms. The zero-order chi connectivity index (χ0) is 17.8. The topological polar surface area (TPSA) is 3.88 Å². The number of benzene rings is 2. The first-order chi connectivity index (χ1) is 12.0. The van der Waals surface area contributed by atoms with E-state index >= 15 is 0 Å². The summed E-state index contributed by atoms with van der Waals surface area (Å²) in [5, 5.41) is 1.34. The molecule has 0 unspecified atom stereocenters. The fraction of sp³-hybridized carbons (Fsp3) is 0.375. The summed E-state index contributed by atoms with van der Waals surface area (Å²) >= 11 is 0. The van der Waals surface area contributed by atoms with Crippen molar-refractivity contribution in [2.45, 2.75) is 59.4 Å². The van der Waals surface area contributed by atoms with E-state index in [4.69, 9.17) is 0 Å². The number of nitrogens with zero attached hydrogens (tertiary/aromatic N) is 1. The van der Waals surface area contributed by atoms with Crippen LogP contribution < -0.4 is 4.57 Å². The normalized spacial score (nSPS) is 15.1. The quantitative estimate of drug-likeness (QED) is 0.524. The van der Waals surface area contributed by atoms with Gasteiger partial charge in [0, 0.05) is 36.8 Å². The van der Waals surface area contributed by atoms with Crippen molar-refractivity contribution in [3.8, 4) is 11.3 Å². The van der Waals surface area contributed by atoms with Crippen molar-refractivity contribution in [3.63, 3.8) is 0 Å². The molecule has 2 heterocycles. The Labute approximate surface area is 151 Å². The van der Waals surface area contributed by atoms with Crippen LogP contribution in [0.3, 0.4) is 0 Å². The van der Waals surface area contributed by atoms with E-state index in [1.165, 1.54) is 38.9 Å². The molecule has 1 aromatic heterocycles. The molecule has 0 aliphatic carbocycles. The third-order valence-electron chi connectivity index (χ3n) is 6.28. The van der Waals surface area contributed by atoms with Crippen molar-refractivity contribution < 1.29 is 4.57 Å². The van der Waals surface area contributed by atoms with Crippen LogP contribution in [0.1, 0.15) is 48.9 Å². The Balaban J connectivity index is 2.17. The van der Waals surface area contributed by atoms with Gasteiger partial charge in [0.15, 0.2) is 5.54 Å². The number of hydrogen-bond acceptors (Lipinski definition) is 0. The summed E-state index contributed by atoms with van der Waals surface area (Å²) < 4.78 is 2.66. The van der Waals surface area contributed by atoms with E-state index in [0.29, 0.717) is 0 Å². The van der Waals surface area contributed by atoms with Crippen LogP contribution in [0.25, 0.3) is 22.2 Å². The molecule has 0 atom stereocenters. The zero-order valence-corrected chi connectivity index (χ0v) is 16.1. The van der Waals surface area contributed by atoms with Crippen LogP contribution in [0.15, 0.2) is 42.5 Å². The second-order valence-electron chi connectivity index (χ2n) is 7.83. The minimum absolute atomic E-state index is 0.162. The average Bonchev–Trinajstić information content (AvgIpc) is 2.61. The molecule has 3 aromatic rings. The lowest BCUT2D eigenvalue weighted by Crippen LogP contribution is -2.60. The smallest absolute Gasteiger partial charge is 0.186 e. The van der Waals surface area contributed by atoms with Crippen molar-refractivity contribution in [2.24, 2.45) is 0 Å². The van der Waals surface area contributed by atoms with Gasteiger partial charge in [0.2, 0.25) is 11.2 Å². The fourth-order valence-electron chi connectivity index (χ4n) is 4.77. The Bertz CT molecular complexity index is 977. The van der Waals surface area contributed by atoms with Crippen molar-refractivity contribution in [1.29, 1.82) is 0 Å². The Morgan fingerprint density at radius 3 is 2.32 bits per heavy atom. The van der Waals surface area contributed by atoms with Crippen molar-refractivity contribution in [1.82, 2.24) is 0 Å². The van der Waals surface area contributed by atoms with Crippen LogP contribution in [0.5, 0.6) is 0 Å². The monoisotopic (exact) mass is 330 g/mol. The Kier molecular flexibility index (Phi) is 3.72. The molecule has 0 saturated heterocycles. The predicted molar refractivity (Wildman–Crippen MR) is 106 cm³/mol. The molecule has 0 bridgehead atoms. The Morgan fingerprint density at radius 2 is 1.60 bits per heavy atom. The molecular formula is C24H28N+. The lowest BCUT2D eigenvalue weighted by atomic mass is 9.77. The van der Waals surface area contributed by atoms with Gasteiger partial charge in [-0.05, 0) is 55.7 Å².